The number of hydrogen-bond donors (Lipinski definition) is 6. The molecule has 70 heavy (non-hydrogen) atoms. The van der Waals surface area contributed by atoms with E-state index < -0.39 is 35.4 Å². The third kappa shape index (κ3) is 12.0. The lowest BCUT2D eigenvalue weighted by atomic mass is 9.95. The van der Waals surface area contributed by atoms with Gasteiger partial charge >= 0.3 is 0 Å². The molecule has 0 aliphatic carbocycles. The third-order valence-electron chi connectivity index (χ3n) is 14.6. The molecule has 12 rings (SSSR count). The molecule has 4 unspecified atom stereocenters. The second kappa shape index (κ2) is 24.8. The number of aliphatic hydroxyl groups is 6. The second-order valence-electron chi connectivity index (χ2n) is 19.0. The monoisotopic (exact) mass is 979 g/mol. The largest absolute Gasteiger partial charge is 0.400 e. The fraction of sp³-hybridized carbons (Fsp3) is 0.571. The van der Waals surface area contributed by atoms with E-state index in [0.717, 1.165) is 37.7 Å². The minimum absolute atomic E-state index is 0.0129. The first-order valence-corrected chi connectivity index (χ1v) is 24.6. The lowest BCUT2D eigenvalue weighted by Crippen LogP contribution is -2.44. The van der Waals surface area contributed by atoms with Crippen molar-refractivity contribution in [1.29, 1.82) is 2.86 Å². The normalized spacial score (nSPS) is 39.2. The minimum Gasteiger partial charge on any atom is -0.400 e. The highest BCUT2D eigenvalue weighted by Crippen LogP contribution is 2.45. The van der Waals surface area contributed by atoms with Crippen molar-refractivity contribution in [2.45, 2.75) is 149 Å². The molecule has 0 spiro atoms. The van der Waals surface area contributed by atoms with Crippen LogP contribution in [0.1, 0.15) is 64.5 Å². The highest BCUT2D eigenvalue weighted by atomic mass is 16.7. The maximum Gasteiger partial charge on any atom is 0.210 e. The zero-order chi connectivity index (χ0) is 52.9. The number of rotatable bonds is 12. The Labute approximate surface area is 419 Å². The van der Waals surface area contributed by atoms with Gasteiger partial charge in [-0.2, -0.15) is 0 Å². The van der Waals surface area contributed by atoms with Gasteiger partial charge in [0.2, 0.25) is 2.86 Å². The SMILES string of the molecule is CC[C@]12CO[C@@H](C1O)[C@H](Cc1ccccc1)O2.OC[C@]12CO[C@@H](C1O)[C@H](Cc1ccccc1)O2.[2H]C1[C@@H]2OC[C@]1(CC)O[C@H]2Cc1ccccc1.[2H]C1[C@@H]2OC[C@]1(CO)O[C@H]2Cc1ccccc1.[3H]OC.[3H]OC. The number of fused-ring (bicyclic) bond motifs is 8. The molecule has 8 fully saturated rings. The Kier molecular flexibility index (Phi) is 17.2. The summed E-state index contributed by atoms with van der Waals surface area (Å²) < 4.78 is 73.9. The molecular weight excluding hydrogens is 897 g/mol. The number of hydrogen-bond acceptors (Lipinski definition) is 14. The molecule has 384 valence electrons. The Hall–Kier alpha value is -3.68. The van der Waals surface area contributed by atoms with Crippen LogP contribution in [0.4, 0.5) is 0 Å². The van der Waals surface area contributed by atoms with Crippen molar-refractivity contribution in [3.63, 3.8) is 0 Å². The Morgan fingerprint density at radius 2 is 0.843 bits per heavy atom. The fourth-order valence-corrected chi connectivity index (χ4v) is 10.6. The van der Waals surface area contributed by atoms with Crippen LogP contribution in [-0.4, -0.2) is 171 Å². The van der Waals surface area contributed by atoms with E-state index in [1.807, 2.05) is 104 Å². The van der Waals surface area contributed by atoms with Crippen LogP contribution < -0.4 is 0 Å². The Balaban J connectivity index is 0.000000139. The molecular formula is C56H76O14. The van der Waals surface area contributed by atoms with Crippen molar-refractivity contribution in [3.8, 4) is 0 Å². The van der Waals surface area contributed by atoms with Crippen molar-refractivity contribution in [3.05, 3.63) is 144 Å². The molecule has 0 aromatic heterocycles. The molecule has 4 aromatic rings. The highest BCUT2D eigenvalue weighted by molar-refractivity contribution is 5.21. The van der Waals surface area contributed by atoms with Crippen molar-refractivity contribution in [2.75, 3.05) is 53.9 Å². The van der Waals surface area contributed by atoms with E-state index in [0.29, 0.717) is 26.2 Å². The molecule has 0 amide bonds. The van der Waals surface area contributed by atoms with Crippen LogP contribution >= 0.6 is 0 Å². The summed E-state index contributed by atoms with van der Waals surface area (Å²) in [7, 11) is 2.58. The molecule has 8 heterocycles. The van der Waals surface area contributed by atoms with Crippen LogP contribution in [0.5, 0.6) is 0 Å². The van der Waals surface area contributed by atoms with E-state index in [4.69, 9.17) is 43.5 Å². The topological polar surface area (TPSA) is 195 Å². The summed E-state index contributed by atoms with van der Waals surface area (Å²) in [6, 6.07) is 40.5. The summed E-state index contributed by atoms with van der Waals surface area (Å²) >= 11 is 0. The quantitative estimate of drug-likeness (QED) is 0.116. The molecule has 0 saturated carbocycles. The van der Waals surface area contributed by atoms with E-state index in [9.17, 15) is 20.4 Å². The summed E-state index contributed by atoms with van der Waals surface area (Å²) in [5.74, 6) is 0. The molecule has 16 atom stereocenters. The zero-order valence-corrected chi connectivity index (χ0v) is 40.8. The average Bonchev–Trinajstić information content (AvgIpc) is 4.31. The maximum absolute atomic E-state index is 10.2. The van der Waals surface area contributed by atoms with Gasteiger partial charge in [0.25, 0.3) is 0 Å². The fourth-order valence-electron chi connectivity index (χ4n) is 10.6. The molecule has 4 aromatic carbocycles. The van der Waals surface area contributed by atoms with Gasteiger partial charge in [-0.3, -0.25) is 0 Å². The van der Waals surface area contributed by atoms with Crippen LogP contribution in [0.3, 0.4) is 0 Å². The number of aliphatic hydroxyl groups excluding tert-OH is 6. The van der Waals surface area contributed by atoms with E-state index in [-0.39, 0.29) is 80.7 Å². The molecule has 8 aliphatic rings. The smallest absolute Gasteiger partial charge is 0.210 e. The third-order valence-corrected chi connectivity index (χ3v) is 14.6. The minimum atomic E-state index is -0.899. The Bertz CT molecular complexity index is 1940. The first-order chi connectivity index (χ1) is 35.8. The number of ether oxygens (including phenoxy) is 8. The molecule has 8 saturated heterocycles. The Morgan fingerprint density at radius 1 is 0.486 bits per heavy atom. The average molecular weight is 979 g/mol. The molecule has 0 radical (unpaired) electrons. The van der Waals surface area contributed by atoms with E-state index in [1.165, 1.54) is 30.9 Å². The molecule has 14 nitrogen and oxygen atoms in total. The van der Waals surface area contributed by atoms with Crippen molar-refractivity contribution < 1.29 is 71.3 Å². The predicted molar refractivity (Wildman–Crippen MR) is 262 cm³/mol. The molecule has 8 bridgehead atoms. The van der Waals surface area contributed by atoms with Gasteiger partial charge < -0.3 is 68.5 Å². The van der Waals surface area contributed by atoms with E-state index >= 15 is 0 Å². The summed E-state index contributed by atoms with van der Waals surface area (Å²) in [5, 5.41) is 45.9. The Morgan fingerprint density at radius 3 is 1.19 bits per heavy atom. The van der Waals surface area contributed by atoms with Gasteiger partial charge in [0, 0.05) is 55.4 Å². The lowest BCUT2D eigenvalue weighted by Gasteiger charge is -2.29. The van der Waals surface area contributed by atoms with E-state index in [1.54, 1.807) is 0 Å². The van der Waals surface area contributed by atoms with Gasteiger partial charge in [-0.05, 0) is 35.1 Å². The highest BCUT2D eigenvalue weighted by Gasteiger charge is 2.61. The van der Waals surface area contributed by atoms with Gasteiger partial charge in [-0.1, -0.05) is 135 Å². The first kappa shape index (κ1) is 48.6. The van der Waals surface area contributed by atoms with Gasteiger partial charge in [0.15, 0.2) is 0 Å². The van der Waals surface area contributed by atoms with Crippen molar-refractivity contribution in [2.24, 2.45) is 0 Å². The van der Waals surface area contributed by atoms with Gasteiger partial charge in [0.1, 0.15) is 41.2 Å². The van der Waals surface area contributed by atoms with Gasteiger partial charge in [-0.15, -0.1) is 0 Å². The summed E-state index contributed by atoms with van der Waals surface area (Å²) in [6.45, 7) is 5.53. The van der Waals surface area contributed by atoms with E-state index in [2.05, 4.69) is 41.4 Å². The van der Waals surface area contributed by atoms with Crippen LogP contribution in [0.15, 0.2) is 121 Å². The standard InChI is InChI=1S/C14H18O3.C14H18O2.C13H16O4.C13H16O3.2CH4O/c1-2-14-9-16-12(13(14)15)11(17-14)8-10-6-4-3-5-7-10;1-2-14-9-13(15-10-14)12(16-14)8-11-6-4-3-5-7-11;14-7-13-8-16-11(12(13)15)10(17-13)6-9-4-2-1-3-5-9;14-8-13-7-12(15-9-13)11(16-13)6-10-4-2-1-3-5-10;2*1-2/h3-7,11-13,15H,2,8-9H2,1H3;3-7,12-13H,2,8-10H2,1H3;1-5,10-12,14-15H,6-8H2;1-5,11-12,14H,6-9H2;2*2H,1H3/t11-,12+,13?,14-;12-,13-,14+;10-,11+,12?,13-;11-,12-,13-;;/m0000../s1/i;9D;;7D;2*2T/t;9?,12-,13-,14+;;7?,11-,12-,13-;;. The van der Waals surface area contributed by atoms with Crippen molar-refractivity contribution in [1.82, 2.24) is 0 Å². The summed E-state index contributed by atoms with van der Waals surface area (Å²) in [6.07, 6.45) is 1.91. The van der Waals surface area contributed by atoms with Gasteiger partial charge in [-0.25, -0.2) is 0 Å². The van der Waals surface area contributed by atoms with Crippen LogP contribution in [-0.2, 0) is 63.6 Å². The zero-order valence-electron chi connectivity index (χ0n) is 44.8. The lowest BCUT2D eigenvalue weighted by molar-refractivity contribution is -0.160. The predicted octanol–water partition coefficient (Wildman–Crippen LogP) is 4.59. The summed E-state index contributed by atoms with van der Waals surface area (Å²) in [4.78, 5) is 0. The first-order valence-electron chi connectivity index (χ1n) is 26.5. The van der Waals surface area contributed by atoms with Crippen LogP contribution in [0, 0.1) is 0 Å². The maximum atomic E-state index is 10.2. The molecule has 14 heteroatoms. The number of benzene rings is 4. The van der Waals surface area contributed by atoms with Crippen LogP contribution in [0.25, 0.3) is 0 Å². The summed E-state index contributed by atoms with van der Waals surface area (Å²) in [5.41, 5.74) is 2.32. The molecule has 6 N–H and O–H groups in total. The second-order valence-corrected chi connectivity index (χ2v) is 19.0. The molecule has 8 aliphatic heterocycles. The van der Waals surface area contributed by atoms with Crippen LogP contribution in [0.2, 0.25) is 0 Å². The van der Waals surface area contributed by atoms with Crippen molar-refractivity contribution >= 4 is 0 Å². The van der Waals surface area contributed by atoms with Gasteiger partial charge in [0.05, 0.1) is 81.9 Å².